The molecule has 12 heteroatoms. The van der Waals surface area contributed by atoms with Crippen LogP contribution in [-0.4, -0.2) is 60.5 Å². The van der Waals surface area contributed by atoms with Crippen LogP contribution in [0.1, 0.15) is 66.4 Å². The van der Waals surface area contributed by atoms with Gasteiger partial charge in [0.1, 0.15) is 12.1 Å². The quantitative estimate of drug-likeness (QED) is 0.220. The zero-order chi connectivity index (χ0) is 28.3. The molecule has 0 heterocycles. The molecule has 0 radical (unpaired) electrons. The molecule has 4 atom stereocenters. The lowest BCUT2D eigenvalue weighted by molar-refractivity contribution is -0.139. The van der Waals surface area contributed by atoms with Gasteiger partial charge in [-0.05, 0) is 58.7 Å². The van der Waals surface area contributed by atoms with Crippen molar-refractivity contribution >= 4 is 24.4 Å². The van der Waals surface area contributed by atoms with Gasteiger partial charge in [-0.2, -0.15) is 0 Å². The molecule has 1 aromatic carbocycles. The highest BCUT2D eigenvalue weighted by molar-refractivity contribution is 5.75. The molecule has 208 valence electrons. The lowest BCUT2D eigenvalue weighted by Gasteiger charge is -2.31. The average molecular weight is 528 g/mol. The maximum absolute atomic E-state index is 12.2. The van der Waals surface area contributed by atoms with E-state index in [4.69, 9.17) is 34.2 Å². The summed E-state index contributed by atoms with van der Waals surface area (Å²) in [7, 11) is 0. The van der Waals surface area contributed by atoms with E-state index in [1.807, 2.05) is 6.92 Å². The molecule has 3 unspecified atom stereocenters. The first kappa shape index (κ1) is 31.5. The molecule has 0 bridgehead atoms. The molecular formula is C25H37NO11. The Morgan fingerprint density at radius 1 is 0.838 bits per heavy atom. The summed E-state index contributed by atoms with van der Waals surface area (Å²) >= 11 is 0. The van der Waals surface area contributed by atoms with Crippen LogP contribution in [0.15, 0.2) is 18.2 Å². The van der Waals surface area contributed by atoms with Crippen molar-refractivity contribution in [3.8, 4) is 11.5 Å². The van der Waals surface area contributed by atoms with Gasteiger partial charge in [-0.3, -0.25) is 4.79 Å². The fraction of sp³-hybridized carbons (Fsp3) is 0.600. The van der Waals surface area contributed by atoms with E-state index in [2.05, 4.69) is 0 Å². The lowest BCUT2D eigenvalue weighted by Crippen LogP contribution is -2.42. The fourth-order valence-electron chi connectivity index (χ4n) is 3.27. The molecule has 0 amide bonds. The normalized spacial score (nSPS) is 14.2. The molecule has 1 rings (SSSR count). The van der Waals surface area contributed by atoms with Gasteiger partial charge in [0.25, 0.3) is 0 Å². The van der Waals surface area contributed by atoms with E-state index in [9.17, 15) is 24.3 Å². The molecule has 0 fully saturated rings. The summed E-state index contributed by atoms with van der Waals surface area (Å²) in [5.41, 5.74) is 6.34. The molecule has 0 aliphatic carbocycles. The first-order chi connectivity index (χ1) is 17.3. The van der Waals surface area contributed by atoms with Gasteiger partial charge in [0.2, 0.25) is 0 Å². The number of aliphatic carboxylic acids is 1. The maximum Gasteiger partial charge on any atom is 0.514 e. The van der Waals surface area contributed by atoms with Crippen LogP contribution in [0.25, 0.3) is 0 Å². The molecule has 3 N–H and O–H groups in total. The third kappa shape index (κ3) is 10.5. The summed E-state index contributed by atoms with van der Waals surface area (Å²) in [6.07, 6.45) is -4.16. The van der Waals surface area contributed by atoms with Gasteiger partial charge in [0, 0.05) is 11.8 Å². The first-order valence-electron chi connectivity index (χ1n) is 12.0. The van der Waals surface area contributed by atoms with E-state index in [1.165, 1.54) is 18.2 Å². The second kappa shape index (κ2) is 14.9. The van der Waals surface area contributed by atoms with E-state index < -0.39 is 60.6 Å². The minimum atomic E-state index is -1.43. The Hall–Kier alpha value is -3.54. The number of carbonyl (C=O) groups excluding carboxylic acids is 3. The van der Waals surface area contributed by atoms with Crippen molar-refractivity contribution in [2.75, 3.05) is 6.61 Å². The summed E-state index contributed by atoms with van der Waals surface area (Å²) in [5, 5.41) is 9.67. The molecule has 1 aromatic rings. The van der Waals surface area contributed by atoms with E-state index in [-0.39, 0.29) is 18.1 Å². The third-order valence-corrected chi connectivity index (χ3v) is 5.09. The number of hydrogen-bond acceptors (Lipinski definition) is 11. The zero-order valence-electron chi connectivity index (χ0n) is 22.2. The molecule has 37 heavy (non-hydrogen) atoms. The van der Waals surface area contributed by atoms with Crippen LogP contribution in [-0.2, 0) is 23.7 Å². The van der Waals surface area contributed by atoms with Crippen molar-refractivity contribution in [3.05, 3.63) is 23.8 Å². The highest BCUT2D eigenvalue weighted by Crippen LogP contribution is 2.37. The third-order valence-electron chi connectivity index (χ3n) is 5.09. The molecule has 0 aliphatic heterocycles. The second-order valence-electron chi connectivity index (χ2n) is 8.91. The summed E-state index contributed by atoms with van der Waals surface area (Å²) in [4.78, 5) is 48.1. The number of rotatable bonds is 12. The van der Waals surface area contributed by atoms with Crippen LogP contribution in [0.3, 0.4) is 0 Å². The van der Waals surface area contributed by atoms with Crippen molar-refractivity contribution in [3.63, 3.8) is 0 Å². The van der Waals surface area contributed by atoms with Crippen LogP contribution in [0.4, 0.5) is 14.4 Å². The Labute approximate surface area is 216 Å². The number of carboxylic acids is 1. The smallest absolute Gasteiger partial charge is 0.480 e. The van der Waals surface area contributed by atoms with Gasteiger partial charge in [-0.15, -0.1) is 0 Å². The summed E-state index contributed by atoms with van der Waals surface area (Å²) in [5.74, 6) is -3.26. The van der Waals surface area contributed by atoms with Gasteiger partial charge >= 0.3 is 24.4 Å². The molecule has 12 nitrogen and oxygen atoms in total. The van der Waals surface area contributed by atoms with Crippen molar-refractivity contribution in [2.45, 2.75) is 85.2 Å². The summed E-state index contributed by atoms with van der Waals surface area (Å²) < 4.78 is 30.6. The highest BCUT2D eigenvalue weighted by atomic mass is 16.8. The second-order valence-corrected chi connectivity index (χ2v) is 8.91. The minimum Gasteiger partial charge on any atom is -0.480 e. The Bertz CT molecular complexity index is 931. The van der Waals surface area contributed by atoms with E-state index in [0.29, 0.717) is 12.0 Å². The predicted octanol–water partition coefficient (Wildman–Crippen LogP) is 4.62. The minimum absolute atomic E-state index is 0.169. The number of hydrogen-bond donors (Lipinski definition) is 2. The Balaban J connectivity index is 3.41. The summed E-state index contributed by atoms with van der Waals surface area (Å²) in [6, 6.07) is 2.65. The number of nitrogens with two attached hydrogens (primary N) is 1. The average Bonchev–Trinajstić information content (AvgIpc) is 2.77. The van der Waals surface area contributed by atoms with Crippen LogP contribution < -0.4 is 15.2 Å². The van der Waals surface area contributed by atoms with Crippen molar-refractivity contribution in [2.24, 2.45) is 11.7 Å². The molecule has 0 aliphatic rings. The maximum atomic E-state index is 12.2. The zero-order valence-corrected chi connectivity index (χ0v) is 22.2. The van der Waals surface area contributed by atoms with Gasteiger partial charge in [0.05, 0.1) is 18.8 Å². The number of ether oxygens (including phenoxy) is 6. The van der Waals surface area contributed by atoms with Crippen molar-refractivity contribution in [1.82, 2.24) is 0 Å². The SMILES string of the molecule is CCCOC(=O)OC(C)C(C)C(c1ccc(OC(=O)OC(C)C)c(OC(=O)OC(C)C)c1)[C@H](N)C(=O)O. The topological polar surface area (TPSA) is 170 Å². The number of carboxylic acid groups (broad SMARTS) is 1. The molecule has 0 saturated heterocycles. The van der Waals surface area contributed by atoms with Crippen molar-refractivity contribution < 1.29 is 52.7 Å². The van der Waals surface area contributed by atoms with Gasteiger partial charge in [0.15, 0.2) is 11.5 Å². The van der Waals surface area contributed by atoms with E-state index in [1.54, 1.807) is 41.5 Å². The van der Waals surface area contributed by atoms with Crippen molar-refractivity contribution in [1.29, 1.82) is 0 Å². The largest absolute Gasteiger partial charge is 0.514 e. The fourth-order valence-corrected chi connectivity index (χ4v) is 3.27. The predicted molar refractivity (Wildman–Crippen MR) is 131 cm³/mol. The monoisotopic (exact) mass is 527 g/mol. The van der Waals surface area contributed by atoms with Crippen LogP contribution in [0.5, 0.6) is 11.5 Å². The van der Waals surface area contributed by atoms with Crippen LogP contribution in [0, 0.1) is 5.92 Å². The van der Waals surface area contributed by atoms with Gasteiger partial charge in [-0.1, -0.05) is 19.9 Å². The standard InChI is InChI=1S/C25H37NO11/c1-8-11-32-23(29)35-16(7)15(6)20(21(26)22(27)28)17-9-10-18(36-24(30)33-13(2)3)19(12-17)37-25(31)34-14(4)5/h9-10,12-16,20-21H,8,11,26H2,1-7H3,(H,27,28)/t15?,16?,20?,21-/m0/s1. The number of benzene rings is 1. The van der Waals surface area contributed by atoms with Gasteiger partial charge < -0.3 is 39.3 Å². The molecule has 0 aromatic heterocycles. The van der Waals surface area contributed by atoms with E-state index >= 15 is 0 Å². The number of carbonyl (C=O) groups is 4. The first-order valence-corrected chi connectivity index (χ1v) is 12.0. The van der Waals surface area contributed by atoms with Gasteiger partial charge in [-0.25, -0.2) is 14.4 Å². The summed E-state index contributed by atoms with van der Waals surface area (Å²) in [6.45, 7) is 11.7. The molecular weight excluding hydrogens is 490 g/mol. The molecule has 0 saturated carbocycles. The van der Waals surface area contributed by atoms with Crippen LogP contribution in [0.2, 0.25) is 0 Å². The lowest BCUT2D eigenvalue weighted by atomic mass is 9.79. The Morgan fingerprint density at radius 2 is 1.38 bits per heavy atom. The Morgan fingerprint density at radius 3 is 1.86 bits per heavy atom. The Kier molecular flexibility index (Phi) is 12.7. The van der Waals surface area contributed by atoms with Crippen LogP contribution >= 0.6 is 0 Å². The molecule has 0 spiro atoms. The van der Waals surface area contributed by atoms with E-state index in [0.717, 1.165) is 0 Å². The highest BCUT2D eigenvalue weighted by Gasteiger charge is 2.36.